The number of hydrogen-bond donors (Lipinski definition) is 1. The number of ether oxygens (including phenoxy) is 1. The summed E-state index contributed by atoms with van der Waals surface area (Å²) in [7, 11) is 0. The summed E-state index contributed by atoms with van der Waals surface area (Å²) in [6.07, 6.45) is -1.92. The summed E-state index contributed by atoms with van der Waals surface area (Å²) in [5, 5.41) is 2.93. The lowest BCUT2D eigenvalue weighted by Crippen LogP contribution is -2.45. The third-order valence-corrected chi connectivity index (χ3v) is 6.29. The number of halogens is 3. The van der Waals surface area contributed by atoms with E-state index in [0.717, 1.165) is 12.8 Å². The Labute approximate surface area is 197 Å². The van der Waals surface area contributed by atoms with E-state index in [4.69, 9.17) is 4.74 Å². The molecular weight excluding hydrogens is 451 g/mol. The van der Waals surface area contributed by atoms with Crippen molar-refractivity contribution in [3.63, 3.8) is 0 Å². The normalized spacial score (nSPS) is 15.2. The van der Waals surface area contributed by atoms with Crippen molar-refractivity contribution in [1.29, 1.82) is 0 Å². The van der Waals surface area contributed by atoms with Crippen LogP contribution >= 0.6 is 11.8 Å². The predicted octanol–water partition coefficient (Wildman–Crippen LogP) is 6.37. The number of nitrogens with zero attached hydrogens (tertiary/aromatic N) is 2. The zero-order valence-electron chi connectivity index (χ0n) is 19.3. The molecule has 3 rings (SSSR count). The fourth-order valence-electron chi connectivity index (χ4n) is 3.73. The van der Waals surface area contributed by atoms with Gasteiger partial charge in [0.25, 0.3) is 0 Å². The Morgan fingerprint density at radius 3 is 2.39 bits per heavy atom. The molecule has 180 valence electrons. The summed E-state index contributed by atoms with van der Waals surface area (Å²) < 4.78 is 46.2. The number of benzene rings is 1. The third kappa shape index (κ3) is 7.03. The van der Waals surface area contributed by atoms with Crippen LogP contribution in [0.3, 0.4) is 0 Å². The van der Waals surface area contributed by atoms with Crippen LogP contribution in [0.4, 0.5) is 23.8 Å². The Hall–Kier alpha value is -2.42. The van der Waals surface area contributed by atoms with Crippen LogP contribution in [0.25, 0.3) is 11.1 Å². The fourth-order valence-corrected chi connectivity index (χ4v) is 4.68. The van der Waals surface area contributed by atoms with Gasteiger partial charge in [0.1, 0.15) is 5.82 Å². The van der Waals surface area contributed by atoms with Crippen molar-refractivity contribution in [3.05, 3.63) is 42.1 Å². The second-order valence-corrected chi connectivity index (χ2v) is 10.3. The molecule has 0 spiro atoms. The second-order valence-electron chi connectivity index (χ2n) is 8.64. The number of nitrogens with one attached hydrogen (secondary N) is 1. The Kier molecular flexibility index (Phi) is 8.15. The van der Waals surface area contributed by atoms with E-state index in [0.29, 0.717) is 30.0 Å². The molecule has 33 heavy (non-hydrogen) atoms. The molecule has 0 bridgehead atoms. The van der Waals surface area contributed by atoms with E-state index in [9.17, 15) is 18.0 Å². The lowest BCUT2D eigenvalue weighted by Gasteiger charge is -2.33. The number of alkyl halides is 3. The topological polar surface area (TPSA) is 54.5 Å². The molecule has 1 saturated heterocycles. The maximum atomic E-state index is 13.7. The number of thioether (sulfide) groups is 1. The highest BCUT2D eigenvalue weighted by atomic mass is 32.2. The molecule has 1 fully saturated rings. The number of amides is 1. The van der Waals surface area contributed by atoms with Gasteiger partial charge in [-0.05, 0) is 62.1 Å². The molecule has 1 aromatic carbocycles. The van der Waals surface area contributed by atoms with E-state index in [-0.39, 0.29) is 22.3 Å². The van der Waals surface area contributed by atoms with Crippen LogP contribution in [-0.4, -0.2) is 41.6 Å². The molecule has 2 heterocycles. The molecule has 1 N–H and O–H groups in total. The number of pyridine rings is 1. The number of carbonyl (C=O) groups excluding carboxylic acids is 1. The molecule has 0 unspecified atom stereocenters. The van der Waals surface area contributed by atoms with Crippen LogP contribution in [-0.2, 0) is 10.9 Å². The number of anilines is 1. The first-order chi connectivity index (χ1) is 15.5. The van der Waals surface area contributed by atoms with Crippen molar-refractivity contribution >= 4 is 23.7 Å². The number of rotatable bonds is 6. The summed E-state index contributed by atoms with van der Waals surface area (Å²) >= 11 is 1.21. The summed E-state index contributed by atoms with van der Waals surface area (Å²) in [5.41, 5.74) is 0.580. The highest BCUT2D eigenvalue weighted by molar-refractivity contribution is 8.00. The quantitative estimate of drug-likeness (QED) is 0.486. The molecular formula is C24H30F3N3O2S. The van der Waals surface area contributed by atoms with Crippen molar-refractivity contribution < 1.29 is 22.7 Å². The summed E-state index contributed by atoms with van der Waals surface area (Å²) in [5.74, 6) is 0.713. The van der Waals surface area contributed by atoms with E-state index < -0.39 is 17.8 Å². The summed E-state index contributed by atoms with van der Waals surface area (Å²) in [4.78, 5) is 18.6. The molecule has 1 aliphatic rings. The van der Waals surface area contributed by atoms with Gasteiger partial charge in [0, 0.05) is 35.5 Å². The van der Waals surface area contributed by atoms with Crippen molar-refractivity contribution in [2.45, 2.75) is 69.0 Å². The van der Waals surface area contributed by atoms with Crippen molar-refractivity contribution in [2.24, 2.45) is 0 Å². The largest absolute Gasteiger partial charge is 0.447 e. The smallest absolute Gasteiger partial charge is 0.417 e. The second kappa shape index (κ2) is 10.7. The Morgan fingerprint density at radius 1 is 1.12 bits per heavy atom. The highest BCUT2D eigenvalue weighted by Gasteiger charge is 2.34. The number of alkyl carbamates (subject to hydrolysis) is 1. The molecule has 2 aromatic rings. The van der Waals surface area contributed by atoms with Crippen LogP contribution in [0.2, 0.25) is 0 Å². The number of aromatic nitrogens is 1. The molecule has 1 aliphatic heterocycles. The van der Waals surface area contributed by atoms with Gasteiger partial charge in [-0.2, -0.15) is 13.2 Å². The molecule has 0 atom stereocenters. The molecule has 1 aromatic heterocycles. The first kappa shape index (κ1) is 25.2. The van der Waals surface area contributed by atoms with Crippen LogP contribution in [0, 0.1) is 0 Å². The minimum atomic E-state index is -4.42. The third-order valence-electron chi connectivity index (χ3n) is 5.21. The number of carbonyl (C=O) groups is 1. The van der Waals surface area contributed by atoms with Crippen molar-refractivity contribution in [3.8, 4) is 11.1 Å². The molecule has 0 radical (unpaired) electrons. The van der Waals surface area contributed by atoms with E-state index >= 15 is 0 Å². The van der Waals surface area contributed by atoms with Gasteiger partial charge in [-0.3, -0.25) is 0 Å². The van der Waals surface area contributed by atoms with Crippen LogP contribution < -0.4 is 10.2 Å². The van der Waals surface area contributed by atoms with E-state index in [1.165, 1.54) is 17.8 Å². The van der Waals surface area contributed by atoms with Crippen molar-refractivity contribution in [2.75, 3.05) is 18.0 Å². The zero-order valence-corrected chi connectivity index (χ0v) is 20.1. The summed E-state index contributed by atoms with van der Waals surface area (Å²) in [6, 6.07) is 8.08. The predicted molar refractivity (Wildman–Crippen MR) is 126 cm³/mol. The highest BCUT2D eigenvalue weighted by Crippen LogP contribution is 2.40. The average molecular weight is 482 g/mol. The first-order valence-corrected chi connectivity index (χ1v) is 12.0. The molecule has 0 aliphatic carbocycles. The van der Waals surface area contributed by atoms with Gasteiger partial charge >= 0.3 is 12.3 Å². The van der Waals surface area contributed by atoms with E-state index in [1.54, 1.807) is 38.2 Å². The maximum absolute atomic E-state index is 13.7. The van der Waals surface area contributed by atoms with Gasteiger partial charge in [0.15, 0.2) is 0 Å². The van der Waals surface area contributed by atoms with Gasteiger partial charge in [-0.1, -0.05) is 19.9 Å². The van der Waals surface area contributed by atoms with Crippen LogP contribution in [0.15, 0.2) is 41.4 Å². The number of piperidine rings is 1. The Bertz CT molecular complexity index is 958. The van der Waals surface area contributed by atoms with Crippen molar-refractivity contribution in [1.82, 2.24) is 10.3 Å². The minimum absolute atomic E-state index is 0.0241. The fraction of sp³-hybridized carbons (Fsp3) is 0.500. The van der Waals surface area contributed by atoms with Gasteiger partial charge in [0.2, 0.25) is 0 Å². The zero-order chi connectivity index (χ0) is 24.2. The standard InChI is InChI=1S/C24H30F3N3O2S/c1-15(2)32-23(31)29-19-8-11-30(12-9-19)22-14-18(7-10-28-22)17-5-6-21(33-16(3)4)20(13-17)24(25,26)27/h5-7,10,13-16,19H,8-9,11-12H2,1-4H3,(H,29,31). The van der Waals surface area contributed by atoms with Crippen LogP contribution in [0.5, 0.6) is 0 Å². The summed E-state index contributed by atoms with van der Waals surface area (Å²) in [6.45, 7) is 8.71. The lowest BCUT2D eigenvalue weighted by molar-refractivity contribution is -0.139. The van der Waals surface area contributed by atoms with Gasteiger partial charge < -0.3 is 15.0 Å². The van der Waals surface area contributed by atoms with E-state index in [1.807, 2.05) is 19.9 Å². The van der Waals surface area contributed by atoms with Gasteiger partial charge in [-0.25, -0.2) is 9.78 Å². The lowest BCUT2D eigenvalue weighted by atomic mass is 10.0. The SMILES string of the molecule is CC(C)OC(=O)NC1CCN(c2cc(-c3ccc(SC(C)C)c(C(F)(F)F)c3)ccn2)CC1. The minimum Gasteiger partial charge on any atom is -0.447 e. The number of hydrogen-bond acceptors (Lipinski definition) is 5. The van der Waals surface area contributed by atoms with E-state index in [2.05, 4.69) is 15.2 Å². The van der Waals surface area contributed by atoms with Gasteiger partial charge in [0.05, 0.1) is 11.7 Å². The maximum Gasteiger partial charge on any atom is 0.417 e. The molecule has 5 nitrogen and oxygen atoms in total. The van der Waals surface area contributed by atoms with Gasteiger partial charge in [-0.15, -0.1) is 11.8 Å². The molecule has 0 saturated carbocycles. The Balaban J connectivity index is 1.73. The van der Waals surface area contributed by atoms with Crippen LogP contribution in [0.1, 0.15) is 46.1 Å². The average Bonchev–Trinajstić information content (AvgIpc) is 2.73. The Morgan fingerprint density at radius 2 is 1.79 bits per heavy atom. The molecule has 9 heteroatoms. The monoisotopic (exact) mass is 481 g/mol. The molecule has 1 amide bonds. The first-order valence-electron chi connectivity index (χ1n) is 11.1.